The van der Waals surface area contributed by atoms with E-state index in [0.717, 1.165) is 12.1 Å². The number of carbonyl (C=O) groups excluding carboxylic acids is 1. The molecule has 0 radical (unpaired) electrons. The molecule has 0 heterocycles. The van der Waals surface area contributed by atoms with Crippen LogP contribution < -0.4 is 5.32 Å². The van der Waals surface area contributed by atoms with Gasteiger partial charge >= 0.3 is 6.18 Å². The molecule has 3 nitrogen and oxygen atoms in total. The summed E-state index contributed by atoms with van der Waals surface area (Å²) in [4.78, 5) is 13.2. The Bertz CT molecular complexity index is 460. The summed E-state index contributed by atoms with van der Waals surface area (Å²) in [5.41, 5.74) is -0.174. The lowest BCUT2D eigenvalue weighted by Gasteiger charge is -2.19. The molecule has 112 valence electrons. The average Bonchev–Trinajstić information content (AvgIpc) is 2.42. The number of benzene rings is 1. The highest BCUT2D eigenvalue weighted by Gasteiger charge is 2.30. The normalized spacial score (nSPS) is 13.1. The molecular formula is C14H19F3N2O. The van der Waals surface area contributed by atoms with Crippen molar-refractivity contribution >= 4 is 5.91 Å². The lowest BCUT2D eigenvalue weighted by Crippen LogP contribution is -2.36. The van der Waals surface area contributed by atoms with Gasteiger partial charge in [0.15, 0.2) is 0 Å². The number of amides is 1. The molecule has 1 unspecified atom stereocenters. The van der Waals surface area contributed by atoms with Crippen LogP contribution in [0.5, 0.6) is 0 Å². The van der Waals surface area contributed by atoms with E-state index in [1.54, 1.807) is 24.9 Å². The van der Waals surface area contributed by atoms with Crippen LogP contribution in [-0.4, -0.2) is 30.9 Å². The fourth-order valence-corrected chi connectivity index (χ4v) is 1.65. The molecule has 6 heteroatoms. The fourth-order valence-electron chi connectivity index (χ4n) is 1.65. The van der Waals surface area contributed by atoms with Crippen LogP contribution in [0.3, 0.4) is 0 Å². The smallest absolute Gasteiger partial charge is 0.345 e. The summed E-state index contributed by atoms with van der Waals surface area (Å²) in [5, 5.41) is 2.93. The van der Waals surface area contributed by atoms with E-state index in [-0.39, 0.29) is 18.5 Å². The molecule has 1 rings (SSSR count). The third-order valence-electron chi connectivity index (χ3n) is 3.17. The van der Waals surface area contributed by atoms with Crippen LogP contribution in [0.25, 0.3) is 0 Å². The Hall–Kier alpha value is -1.56. The van der Waals surface area contributed by atoms with E-state index in [0.29, 0.717) is 12.1 Å². The Kier molecular flexibility index (Phi) is 5.56. The number of carbonyl (C=O) groups is 1. The minimum absolute atomic E-state index is 0.0914. The summed E-state index contributed by atoms with van der Waals surface area (Å²) >= 11 is 0. The van der Waals surface area contributed by atoms with Gasteiger partial charge in [0.05, 0.1) is 12.1 Å². The second-order valence-electron chi connectivity index (χ2n) is 4.63. The van der Waals surface area contributed by atoms with Crippen LogP contribution in [-0.2, 0) is 11.0 Å². The zero-order chi connectivity index (χ0) is 15.3. The highest BCUT2D eigenvalue weighted by atomic mass is 19.4. The third-order valence-corrected chi connectivity index (χ3v) is 3.17. The van der Waals surface area contributed by atoms with Crippen molar-refractivity contribution in [2.45, 2.75) is 26.1 Å². The molecule has 0 fully saturated rings. The summed E-state index contributed by atoms with van der Waals surface area (Å²) < 4.78 is 37.8. The van der Waals surface area contributed by atoms with Gasteiger partial charge in [-0.05, 0) is 31.5 Å². The van der Waals surface area contributed by atoms with Gasteiger partial charge in [-0.1, -0.05) is 12.1 Å². The van der Waals surface area contributed by atoms with Crippen molar-refractivity contribution in [1.29, 1.82) is 0 Å². The fraction of sp³-hybridized carbons (Fsp3) is 0.500. The van der Waals surface area contributed by atoms with Crippen LogP contribution in [0.15, 0.2) is 24.3 Å². The van der Waals surface area contributed by atoms with Crippen LogP contribution >= 0.6 is 0 Å². The quantitative estimate of drug-likeness (QED) is 0.903. The number of nitrogens with one attached hydrogen (secondary N) is 1. The summed E-state index contributed by atoms with van der Waals surface area (Å²) in [7, 11) is 1.68. The van der Waals surface area contributed by atoms with Crippen molar-refractivity contribution < 1.29 is 18.0 Å². The van der Waals surface area contributed by atoms with Gasteiger partial charge in [-0.3, -0.25) is 4.79 Å². The van der Waals surface area contributed by atoms with Gasteiger partial charge in [0.2, 0.25) is 5.91 Å². The monoisotopic (exact) mass is 288 g/mol. The topological polar surface area (TPSA) is 32.3 Å². The molecule has 1 aromatic rings. The summed E-state index contributed by atoms with van der Waals surface area (Å²) in [6, 6.07) is 4.79. The third kappa shape index (κ3) is 4.52. The first-order valence-electron chi connectivity index (χ1n) is 6.40. The largest absolute Gasteiger partial charge is 0.416 e. The van der Waals surface area contributed by atoms with Gasteiger partial charge in [0.25, 0.3) is 0 Å². The summed E-state index contributed by atoms with van der Waals surface area (Å²) in [6.07, 6.45) is -4.35. The van der Waals surface area contributed by atoms with Crippen molar-refractivity contribution in [2.24, 2.45) is 0 Å². The molecule has 0 spiro atoms. The zero-order valence-electron chi connectivity index (χ0n) is 11.8. The number of alkyl halides is 3. The molecule has 0 bridgehead atoms. The Morgan fingerprint density at radius 3 is 2.60 bits per heavy atom. The second-order valence-corrected chi connectivity index (χ2v) is 4.63. The van der Waals surface area contributed by atoms with E-state index < -0.39 is 11.7 Å². The minimum atomic E-state index is -4.35. The maximum atomic E-state index is 12.6. The first-order valence-corrected chi connectivity index (χ1v) is 6.40. The molecule has 0 aliphatic carbocycles. The van der Waals surface area contributed by atoms with Crippen molar-refractivity contribution in [2.75, 3.05) is 20.1 Å². The second kappa shape index (κ2) is 6.74. The average molecular weight is 288 g/mol. The zero-order valence-corrected chi connectivity index (χ0v) is 11.8. The van der Waals surface area contributed by atoms with Gasteiger partial charge in [-0.2, -0.15) is 13.2 Å². The van der Waals surface area contributed by atoms with Crippen molar-refractivity contribution in [1.82, 2.24) is 10.2 Å². The molecule has 1 atom stereocenters. The summed E-state index contributed by atoms with van der Waals surface area (Å²) in [5.74, 6) is -0.0914. The van der Waals surface area contributed by atoms with E-state index in [1.807, 2.05) is 6.92 Å². The molecule has 0 aromatic heterocycles. The van der Waals surface area contributed by atoms with E-state index in [1.165, 1.54) is 6.07 Å². The Labute approximate surface area is 116 Å². The van der Waals surface area contributed by atoms with Crippen LogP contribution in [0.4, 0.5) is 13.2 Å². The van der Waals surface area contributed by atoms with Gasteiger partial charge < -0.3 is 10.2 Å². The van der Waals surface area contributed by atoms with Crippen molar-refractivity contribution in [3.63, 3.8) is 0 Å². The first-order chi connectivity index (χ1) is 9.25. The molecule has 1 aromatic carbocycles. The number of nitrogens with zero attached hydrogens (tertiary/aromatic N) is 1. The number of hydrogen-bond acceptors (Lipinski definition) is 2. The van der Waals surface area contributed by atoms with Crippen molar-refractivity contribution in [3.05, 3.63) is 35.4 Å². The van der Waals surface area contributed by atoms with Crippen LogP contribution in [0, 0.1) is 0 Å². The Morgan fingerprint density at radius 2 is 2.05 bits per heavy atom. The number of hydrogen-bond donors (Lipinski definition) is 1. The van der Waals surface area contributed by atoms with E-state index in [2.05, 4.69) is 5.32 Å². The van der Waals surface area contributed by atoms with E-state index in [9.17, 15) is 18.0 Å². The lowest BCUT2D eigenvalue weighted by atomic mass is 10.0. The number of likely N-dealkylation sites (N-methyl/N-ethyl adjacent to an activating group) is 1. The van der Waals surface area contributed by atoms with Gasteiger partial charge in [-0.25, -0.2) is 0 Å². The van der Waals surface area contributed by atoms with E-state index in [4.69, 9.17) is 0 Å². The standard InChI is InChI=1S/C14H19F3N2O/c1-4-19(3)13(20)9-18-10(2)11-6-5-7-12(8-11)14(15,16)17/h5-8,10,18H,4,9H2,1-3H3. The minimum Gasteiger partial charge on any atom is -0.345 e. The molecule has 1 N–H and O–H groups in total. The predicted octanol–water partition coefficient (Wildman–Crippen LogP) is 2.83. The molecule has 0 saturated carbocycles. The summed E-state index contributed by atoms with van der Waals surface area (Å²) in [6.45, 7) is 4.28. The van der Waals surface area contributed by atoms with Gasteiger partial charge in [-0.15, -0.1) is 0 Å². The molecule has 0 aliphatic heterocycles. The van der Waals surface area contributed by atoms with Crippen molar-refractivity contribution in [3.8, 4) is 0 Å². The molecule has 0 saturated heterocycles. The molecule has 0 aliphatic rings. The molecule has 1 amide bonds. The molecular weight excluding hydrogens is 269 g/mol. The number of rotatable bonds is 5. The lowest BCUT2D eigenvalue weighted by molar-refractivity contribution is -0.137. The Balaban J connectivity index is 2.69. The first kappa shape index (κ1) is 16.5. The maximum absolute atomic E-state index is 12.6. The van der Waals surface area contributed by atoms with Gasteiger partial charge in [0, 0.05) is 19.6 Å². The Morgan fingerprint density at radius 1 is 1.40 bits per heavy atom. The van der Waals surface area contributed by atoms with E-state index >= 15 is 0 Å². The number of halogens is 3. The highest BCUT2D eigenvalue weighted by molar-refractivity contribution is 5.77. The SMILES string of the molecule is CCN(C)C(=O)CNC(C)c1cccc(C(F)(F)F)c1. The molecule has 20 heavy (non-hydrogen) atoms. The van der Waals surface area contributed by atoms with Crippen LogP contribution in [0.1, 0.15) is 31.0 Å². The maximum Gasteiger partial charge on any atom is 0.416 e. The van der Waals surface area contributed by atoms with Gasteiger partial charge in [0.1, 0.15) is 0 Å². The highest BCUT2D eigenvalue weighted by Crippen LogP contribution is 2.30. The predicted molar refractivity (Wildman–Crippen MR) is 71.2 cm³/mol. The van der Waals surface area contributed by atoms with Crippen LogP contribution in [0.2, 0.25) is 0 Å².